The number of anilines is 1. The van der Waals surface area contributed by atoms with Crippen LogP contribution in [-0.4, -0.2) is 19.3 Å². The maximum absolute atomic E-state index is 13.9. The second-order valence-electron chi connectivity index (χ2n) is 5.05. The molecule has 3 rings (SSSR count). The van der Waals surface area contributed by atoms with Gasteiger partial charge in [-0.1, -0.05) is 24.3 Å². The summed E-state index contributed by atoms with van der Waals surface area (Å²) >= 11 is 0. The molecule has 0 bridgehead atoms. The lowest BCUT2D eigenvalue weighted by Crippen LogP contribution is -2.36. The van der Waals surface area contributed by atoms with Crippen LogP contribution >= 0.6 is 0 Å². The molecule has 110 valence electrons. The first-order chi connectivity index (χ1) is 9.98. The number of nitrogens with zero attached hydrogens (tertiary/aromatic N) is 1. The highest BCUT2D eigenvalue weighted by Crippen LogP contribution is 2.27. The van der Waals surface area contributed by atoms with Gasteiger partial charge in [-0.15, -0.1) is 0 Å². The van der Waals surface area contributed by atoms with E-state index in [1.165, 1.54) is 16.4 Å². The van der Waals surface area contributed by atoms with E-state index in [2.05, 4.69) is 0 Å². The third-order valence-electron chi connectivity index (χ3n) is 3.67. The van der Waals surface area contributed by atoms with Gasteiger partial charge in [-0.3, -0.25) is 0 Å². The Balaban J connectivity index is 1.99. The topological polar surface area (TPSA) is 63.4 Å². The Morgan fingerprint density at radius 3 is 2.57 bits per heavy atom. The van der Waals surface area contributed by atoms with Crippen LogP contribution in [0, 0.1) is 5.82 Å². The predicted molar refractivity (Wildman–Crippen MR) is 78.6 cm³/mol. The van der Waals surface area contributed by atoms with E-state index < -0.39 is 15.8 Å². The number of hydrogen-bond acceptors (Lipinski definition) is 3. The van der Waals surface area contributed by atoms with Gasteiger partial charge in [0, 0.05) is 18.8 Å². The van der Waals surface area contributed by atoms with Crippen LogP contribution in [0.2, 0.25) is 0 Å². The monoisotopic (exact) mass is 306 g/mol. The fourth-order valence-electron chi connectivity index (χ4n) is 2.53. The lowest BCUT2D eigenvalue weighted by molar-refractivity contribution is 0.388. The van der Waals surface area contributed by atoms with Crippen molar-refractivity contribution in [2.75, 3.05) is 12.3 Å². The van der Waals surface area contributed by atoms with Gasteiger partial charge in [0.25, 0.3) is 0 Å². The Morgan fingerprint density at radius 1 is 1.10 bits per heavy atom. The molecule has 0 aromatic heterocycles. The zero-order valence-corrected chi connectivity index (χ0v) is 12.1. The summed E-state index contributed by atoms with van der Waals surface area (Å²) in [5.74, 6) is -0.775. The fraction of sp³-hybridized carbons (Fsp3) is 0.200. The molecule has 0 amide bonds. The van der Waals surface area contributed by atoms with Crippen molar-refractivity contribution in [1.29, 1.82) is 0 Å². The lowest BCUT2D eigenvalue weighted by Gasteiger charge is -2.28. The molecule has 0 fully saturated rings. The third-order valence-corrected chi connectivity index (χ3v) is 5.53. The maximum Gasteiger partial charge on any atom is 0.246 e. The number of benzene rings is 2. The van der Waals surface area contributed by atoms with Crippen molar-refractivity contribution in [2.45, 2.75) is 17.9 Å². The van der Waals surface area contributed by atoms with Gasteiger partial charge in [0.2, 0.25) is 10.0 Å². The summed E-state index contributed by atoms with van der Waals surface area (Å²) in [6.45, 7) is 0.598. The molecule has 21 heavy (non-hydrogen) atoms. The maximum atomic E-state index is 13.9. The van der Waals surface area contributed by atoms with Crippen molar-refractivity contribution in [3.05, 3.63) is 59.4 Å². The lowest BCUT2D eigenvalue weighted by atomic mass is 10.0. The van der Waals surface area contributed by atoms with Crippen molar-refractivity contribution in [3.8, 4) is 0 Å². The molecule has 1 heterocycles. The van der Waals surface area contributed by atoms with Gasteiger partial charge >= 0.3 is 0 Å². The van der Waals surface area contributed by atoms with Gasteiger partial charge in [0.05, 0.1) is 0 Å². The molecule has 4 nitrogen and oxygen atoms in total. The smallest absolute Gasteiger partial charge is 0.246 e. The highest BCUT2D eigenvalue weighted by molar-refractivity contribution is 7.89. The summed E-state index contributed by atoms with van der Waals surface area (Å²) in [5.41, 5.74) is 7.90. The number of fused-ring (bicyclic) bond motifs is 1. The molecule has 6 heteroatoms. The minimum Gasteiger partial charge on any atom is -0.399 e. The molecule has 0 saturated heterocycles. The largest absolute Gasteiger partial charge is 0.399 e. The minimum absolute atomic E-state index is 0.229. The van der Waals surface area contributed by atoms with E-state index in [9.17, 15) is 12.8 Å². The molecular weight excluding hydrogens is 291 g/mol. The van der Waals surface area contributed by atoms with Gasteiger partial charge in [0.15, 0.2) is 0 Å². The molecule has 0 radical (unpaired) electrons. The van der Waals surface area contributed by atoms with Crippen LogP contribution < -0.4 is 5.73 Å². The summed E-state index contributed by atoms with van der Waals surface area (Å²) in [7, 11) is -3.88. The quantitative estimate of drug-likeness (QED) is 0.865. The molecule has 0 spiro atoms. The number of rotatable bonds is 2. The normalized spacial score (nSPS) is 15.7. The summed E-state index contributed by atoms with van der Waals surface area (Å²) in [5, 5.41) is 0. The van der Waals surface area contributed by atoms with Crippen LogP contribution in [0.15, 0.2) is 47.4 Å². The van der Waals surface area contributed by atoms with Gasteiger partial charge in [-0.05, 0) is 35.7 Å². The second kappa shape index (κ2) is 5.13. The van der Waals surface area contributed by atoms with Crippen LogP contribution in [0.1, 0.15) is 11.1 Å². The van der Waals surface area contributed by atoms with Crippen LogP contribution in [0.25, 0.3) is 0 Å². The summed E-state index contributed by atoms with van der Waals surface area (Å²) in [4.78, 5) is -0.359. The Labute approximate surface area is 123 Å². The Kier molecular flexibility index (Phi) is 3.43. The molecule has 0 saturated carbocycles. The summed E-state index contributed by atoms with van der Waals surface area (Å²) in [6, 6.07) is 11.3. The number of sulfonamides is 1. The van der Waals surface area contributed by atoms with E-state index >= 15 is 0 Å². The van der Waals surface area contributed by atoms with E-state index in [1.54, 1.807) is 0 Å². The molecule has 2 aromatic carbocycles. The molecule has 0 aliphatic carbocycles. The molecule has 1 aliphatic rings. The predicted octanol–water partition coefficient (Wildman–Crippen LogP) is 2.15. The van der Waals surface area contributed by atoms with Gasteiger partial charge in [-0.2, -0.15) is 4.31 Å². The third kappa shape index (κ3) is 2.52. The Bertz CT molecular complexity index is 790. The van der Waals surface area contributed by atoms with E-state index in [0.717, 1.165) is 17.2 Å². The Hall–Kier alpha value is -1.92. The van der Waals surface area contributed by atoms with Crippen molar-refractivity contribution < 1.29 is 12.8 Å². The van der Waals surface area contributed by atoms with Gasteiger partial charge in [-0.25, -0.2) is 12.8 Å². The fourth-order valence-corrected chi connectivity index (χ4v) is 4.05. The van der Waals surface area contributed by atoms with Gasteiger partial charge in [0.1, 0.15) is 10.7 Å². The molecule has 0 atom stereocenters. The first kappa shape index (κ1) is 14.0. The number of hydrogen-bond donors (Lipinski definition) is 1. The average molecular weight is 306 g/mol. The van der Waals surface area contributed by atoms with Crippen LogP contribution in [0.3, 0.4) is 0 Å². The average Bonchev–Trinajstić information content (AvgIpc) is 2.49. The van der Waals surface area contributed by atoms with E-state index in [1.807, 2.05) is 24.3 Å². The van der Waals surface area contributed by atoms with Crippen molar-refractivity contribution in [1.82, 2.24) is 4.31 Å². The summed E-state index contributed by atoms with van der Waals surface area (Å²) in [6.07, 6.45) is 0.624. The molecule has 0 unspecified atom stereocenters. The van der Waals surface area contributed by atoms with Crippen molar-refractivity contribution in [3.63, 3.8) is 0 Å². The van der Waals surface area contributed by atoms with Crippen LogP contribution in [0.5, 0.6) is 0 Å². The molecule has 1 aliphatic heterocycles. The molecule has 2 aromatic rings. The van der Waals surface area contributed by atoms with E-state index in [-0.39, 0.29) is 17.1 Å². The van der Waals surface area contributed by atoms with Gasteiger partial charge < -0.3 is 5.73 Å². The summed E-state index contributed by atoms with van der Waals surface area (Å²) < 4.78 is 40.4. The second-order valence-corrected chi connectivity index (χ2v) is 6.95. The molecule has 2 N–H and O–H groups in total. The van der Waals surface area contributed by atoms with E-state index in [4.69, 9.17) is 5.73 Å². The zero-order valence-electron chi connectivity index (χ0n) is 11.3. The Morgan fingerprint density at radius 2 is 1.81 bits per heavy atom. The van der Waals surface area contributed by atoms with Crippen LogP contribution in [0.4, 0.5) is 10.1 Å². The van der Waals surface area contributed by atoms with Crippen molar-refractivity contribution >= 4 is 15.7 Å². The highest BCUT2D eigenvalue weighted by Gasteiger charge is 2.30. The standard InChI is InChI=1S/C15H15FN2O2S/c16-14-6-5-13(17)9-15(14)21(19,20)18-8-7-11-3-1-2-4-12(11)10-18/h1-6,9H,7-8,10,17H2. The van der Waals surface area contributed by atoms with Crippen molar-refractivity contribution in [2.24, 2.45) is 0 Å². The first-order valence-corrected chi connectivity index (χ1v) is 8.04. The first-order valence-electron chi connectivity index (χ1n) is 6.60. The zero-order chi connectivity index (χ0) is 15.0. The van der Waals surface area contributed by atoms with E-state index in [0.29, 0.717) is 13.0 Å². The number of nitrogen functional groups attached to an aromatic ring is 1. The minimum atomic E-state index is -3.88. The number of nitrogens with two attached hydrogens (primary N) is 1. The van der Waals surface area contributed by atoms with Crippen LogP contribution in [-0.2, 0) is 23.0 Å². The highest BCUT2D eigenvalue weighted by atomic mass is 32.2. The SMILES string of the molecule is Nc1ccc(F)c(S(=O)(=O)N2CCc3ccccc3C2)c1. The molecular formula is C15H15FN2O2S. The number of halogens is 1.